The highest BCUT2D eigenvalue weighted by Crippen LogP contribution is 2.26. The van der Waals surface area contributed by atoms with E-state index < -0.39 is 11.4 Å². The maximum atomic E-state index is 12.5. The average molecular weight is 361 g/mol. The molecule has 0 aliphatic carbocycles. The Hall–Kier alpha value is -1.56. The minimum absolute atomic E-state index is 0.0969. The van der Waals surface area contributed by atoms with Gasteiger partial charge in [0.25, 0.3) is 0 Å². The molecule has 0 saturated heterocycles. The first-order chi connectivity index (χ1) is 11.8. The van der Waals surface area contributed by atoms with E-state index in [1.807, 2.05) is 63.2 Å². The Labute approximate surface area is 154 Å². The van der Waals surface area contributed by atoms with Crippen molar-refractivity contribution >= 4 is 11.4 Å². The van der Waals surface area contributed by atoms with Crippen LogP contribution in [0.3, 0.4) is 0 Å². The lowest BCUT2D eigenvalue weighted by molar-refractivity contribution is 0.304. The molecule has 0 spiro atoms. The van der Waals surface area contributed by atoms with Crippen LogP contribution in [0.5, 0.6) is 5.75 Å². The van der Waals surface area contributed by atoms with E-state index in [9.17, 15) is 4.55 Å². The predicted octanol–water partition coefficient (Wildman–Crippen LogP) is 4.41. The van der Waals surface area contributed by atoms with E-state index in [2.05, 4.69) is 23.6 Å². The molecule has 5 heteroatoms. The molecule has 0 aliphatic heterocycles. The molecule has 2 atom stereocenters. The largest absolute Gasteiger partial charge is 0.598 e. The van der Waals surface area contributed by atoms with E-state index >= 15 is 0 Å². The van der Waals surface area contributed by atoms with Gasteiger partial charge in [-0.1, -0.05) is 44.2 Å². The lowest BCUT2D eigenvalue weighted by atomic mass is 10.0. The lowest BCUT2D eigenvalue weighted by Crippen LogP contribution is -2.42. The number of nitrogens with zero attached hydrogens (tertiary/aromatic N) is 1. The monoisotopic (exact) mass is 360 g/mol. The number of pyridine rings is 1. The molecule has 2 aromatic rings. The minimum Gasteiger partial charge on any atom is -0.598 e. The van der Waals surface area contributed by atoms with Crippen LogP contribution < -0.4 is 9.46 Å². The molecule has 4 nitrogen and oxygen atoms in total. The van der Waals surface area contributed by atoms with Crippen LogP contribution in [0.2, 0.25) is 0 Å². The standard InChI is InChI=1S/C20H28N2O2S/c1-15(2)19(22-25(23)20(3,4)5)18-13-17(11-12-21-18)24-14-16-9-7-6-8-10-16/h6-13,15,19,22H,14H2,1-5H3/t19-,25?/m0/s1. The summed E-state index contributed by atoms with van der Waals surface area (Å²) in [6.07, 6.45) is 1.74. The van der Waals surface area contributed by atoms with Crippen molar-refractivity contribution in [1.29, 1.82) is 0 Å². The predicted molar refractivity (Wildman–Crippen MR) is 104 cm³/mol. The van der Waals surface area contributed by atoms with Crippen LogP contribution in [0.1, 0.15) is 51.9 Å². The summed E-state index contributed by atoms with van der Waals surface area (Å²) in [5.74, 6) is 1.02. The van der Waals surface area contributed by atoms with Gasteiger partial charge in [0.2, 0.25) is 0 Å². The maximum absolute atomic E-state index is 12.5. The molecule has 0 bridgehead atoms. The fourth-order valence-corrected chi connectivity index (χ4v) is 3.24. The van der Waals surface area contributed by atoms with Crippen molar-refractivity contribution in [2.24, 2.45) is 5.92 Å². The van der Waals surface area contributed by atoms with Crippen molar-refractivity contribution < 1.29 is 9.29 Å². The molecule has 1 aromatic heterocycles. The summed E-state index contributed by atoms with van der Waals surface area (Å²) >= 11 is -1.16. The SMILES string of the molecule is CC(C)[C@H](N[S+]([O-])C(C)(C)C)c1cc(OCc2ccccc2)ccn1. The quantitative estimate of drug-likeness (QED) is 0.743. The topological polar surface area (TPSA) is 57.2 Å². The molecular formula is C20H28N2O2S. The molecule has 0 radical (unpaired) electrons. The molecule has 0 saturated carbocycles. The van der Waals surface area contributed by atoms with Gasteiger partial charge in [-0.05, 0) is 38.3 Å². The number of rotatable bonds is 7. The average Bonchev–Trinajstić information content (AvgIpc) is 2.57. The Bertz CT molecular complexity index is 656. The number of ether oxygens (including phenoxy) is 1. The third-order valence-electron chi connectivity index (χ3n) is 3.78. The van der Waals surface area contributed by atoms with Gasteiger partial charge in [0, 0.05) is 23.6 Å². The molecule has 0 amide bonds. The molecule has 1 N–H and O–H groups in total. The summed E-state index contributed by atoms with van der Waals surface area (Å²) in [6, 6.07) is 13.7. The van der Waals surface area contributed by atoms with Crippen LogP contribution in [-0.4, -0.2) is 14.3 Å². The van der Waals surface area contributed by atoms with Gasteiger partial charge in [0.1, 0.15) is 17.1 Å². The Morgan fingerprint density at radius 3 is 2.44 bits per heavy atom. The van der Waals surface area contributed by atoms with Gasteiger partial charge >= 0.3 is 0 Å². The van der Waals surface area contributed by atoms with Crippen LogP contribution in [0.25, 0.3) is 0 Å². The van der Waals surface area contributed by atoms with Gasteiger partial charge in [0.15, 0.2) is 0 Å². The van der Waals surface area contributed by atoms with Crippen molar-refractivity contribution in [3.8, 4) is 5.75 Å². The summed E-state index contributed by atoms with van der Waals surface area (Å²) in [4.78, 5) is 4.47. The Morgan fingerprint density at radius 1 is 1.16 bits per heavy atom. The van der Waals surface area contributed by atoms with Gasteiger partial charge in [-0.2, -0.15) is 0 Å². The first kappa shape index (κ1) is 19.8. The van der Waals surface area contributed by atoms with Crippen LogP contribution in [0.15, 0.2) is 48.7 Å². The Kier molecular flexibility index (Phi) is 6.87. The van der Waals surface area contributed by atoms with Crippen molar-refractivity contribution in [2.45, 2.75) is 52.0 Å². The summed E-state index contributed by atoms with van der Waals surface area (Å²) in [7, 11) is 0. The van der Waals surface area contributed by atoms with Crippen molar-refractivity contribution in [2.75, 3.05) is 0 Å². The Morgan fingerprint density at radius 2 is 1.84 bits per heavy atom. The van der Waals surface area contributed by atoms with Gasteiger partial charge in [-0.25, -0.2) is 0 Å². The third kappa shape index (κ3) is 6.03. The van der Waals surface area contributed by atoms with Gasteiger partial charge in [-0.3, -0.25) is 4.98 Å². The lowest BCUT2D eigenvalue weighted by Gasteiger charge is -2.29. The number of benzene rings is 1. The molecule has 1 aromatic carbocycles. The van der Waals surface area contributed by atoms with E-state index in [0.717, 1.165) is 17.0 Å². The maximum Gasteiger partial charge on any atom is 0.136 e. The van der Waals surface area contributed by atoms with E-state index in [1.165, 1.54) is 0 Å². The zero-order valence-corrected chi connectivity index (χ0v) is 16.5. The van der Waals surface area contributed by atoms with E-state index in [0.29, 0.717) is 6.61 Å². The van der Waals surface area contributed by atoms with Gasteiger partial charge < -0.3 is 9.29 Å². The molecule has 0 fully saturated rings. The van der Waals surface area contributed by atoms with Crippen LogP contribution >= 0.6 is 0 Å². The second kappa shape index (κ2) is 8.70. The number of hydrogen-bond donors (Lipinski definition) is 1. The molecule has 2 rings (SSSR count). The molecule has 25 heavy (non-hydrogen) atoms. The van der Waals surface area contributed by atoms with Crippen LogP contribution in [0, 0.1) is 5.92 Å². The smallest absolute Gasteiger partial charge is 0.136 e. The van der Waals surface area contributed by atoms with Gasteiger partial charge in [-0.15, -0.1) is 4.72 Å². The second-order valence-electron chi connectivity index (χ2n) is 7.41. The van der Waals surface area contributed by atoms with Crippen LogP contribution in [0.4, 0.5) is 0 Å². The molecule has 0 aliphatic rings. The summed E-state index contributed by atoms with van der Waals surface area (Å²) in [6.45, 7) is 10.6. The van der Waals surface area contributed by atoms with Crippen LogP contribution in [-0.2, 0) is 18.0 Å². The second-order valence-corrected chi connectivity index (χ2v) is 9.41. The van der Waals surface area contributed by atoms with Crippen molar-refractivity contribution in [3.05, 3.63) is 59.9 Å². The third-order valence-corrected chi connectivity index (χ3v) is 5.36. The minimum atomic E-state index is -1.16. The molecule has 1 unspecified atom stereocenters. The normalized spacial score (nSPS) is 14.4. The molecular weight excluding hydrogens is 332 g/mol. The van der Waals surface area contributed by atoms with Gasteiger partial charge in [0.05, 0.1) is 11.7 Å². The Balaban J connectivity index is 2.11. The number of aromatic nitrogens is 1. The highest BCUT2D eigenvalue weighted by molar-refractivity contribution is 7.90. The van der Waals surface area contributed by atoms with E-state index in [4.69, 9.17) is 4.74 Å². The zero-order valence-electron chi connectivity index (χ0n) is 15.7. The zero-order chi connectivity index (χ0) is 18.4. The van der Waals surface area contributed by atoms with Crippen molar-refractivity contribution in [3.63, 3.8) is 0 Å². The van der Waals surface area contributed by atoms with Crippen molar-refractivity contribution in [1.82, 2.24) is 9.71 Å². The molecule has 1 heterocycles. The molecule has 136 valence electrons. The first-order valence-corrected chi connectivity index (χ1v) is 9.73. The number of nitrogens with one attached hydrogen (secondary N) is 1. The highest BCUT2D eigenvalue weighted by atomic mass is 32.2. The first-order valence-electron chi connectivity index (χ1n) is 8.58. The van der Waals surface area contributed by atoms with E-state index in [1.54, 1.807) is 6.20 Å². The highest BCUT2D eigenvalue weighted by Gasteiger charge is 2.31. The fourth-order valence-electron chi connectivity index (χ4n) is 2.26. The summed E-state index contributed by atoms with van der Waals surface area (Å²) < 4.78 is 21.3. The summed E-state index contributed by atoms with van der Waals surface area (Å²) in [5.41, 5.74) is 1.96. The fraction of sp³-hybridized carbons (Fsp3) is 0.450. The number of hydrogen-bond acceptors (Lipinski definition) is 4. The summed E-state index contributed by atoms with van der Waals surface area (Å²) in [5, 5.41) is 0. The van der Waals surface area contributed by atoms with E-state index in [-0.39, 0.29) is 16.7 Å².